The first kappa shape index (κ1) is 7.50. The van der Waals surface area contributed by atoms with Gasteiger partial charge in [-0.15, -0.1) is 0 Å². The van der Waals surface area contributed by atoms with Gasteiger partial charge in [0.15, 0.2) is 0 Å². The van der Waals surface area contributed by atoms with Crippen molar-refractivity contribution in [1.29, 1.82) is 0 Å². The number of H-pyrrole nitrogens is 1. The third-order valence-electron chi connectivity index (χ3n) is 1.24. The van der Waals surface area contributed by atoms with Crippen LogP contribution >= 0.6 is 11.3 Å². The lowest BCUT2D eigenvalue weighted by molar-refractivity contribution is 0.202. The molecule has 1 unspecified atom stereocenters. The summed E-state index contributed by atoms with van der Waals surface area (Å²) in [6, 6.07) is 0. The van der Waals surface area contributed by atoms with Gasteiger partial charge in [0.05, 0.1) is 11.0 Å². The first-order valence-corrected chi connectivity index (χ1v) is 3.80. The molecule has 10 heavy (non-hydrogen) atoms. The van der Waals surface area contributed by atoms with Crippen molar-refractivity contribution in [2.24, 2.45) is 0 Å². The first-order chi connectivity index (χ1) is 4.61. The molecular weight excluding hydrogens is 150 g/mol. The van der Waals surface area contributed by atoms with E-state index in [-0.39, 0.29) is 4.87 Å². The molecular formula is C6H9NO2S. The SMILES string of the molecule is Cc1[nH]c(=O)sc1C(C)O. The standard InChI is InChI=1S/C6H9NO2S/c1-3-5(4(2)8)10-6(9)7-3/h4,8H,1-2H3,(H,7,9). The molecule has 1 atom stereocenters. The highest BCUT2D eigenvalue weighted by atomic mass is 32.1. The molecule has 0 saturated carbocycles. The lowest BCUT2D eigenvalue weighted by Gasteiger charge is -1.98. The van der Waals surface area contributed by atoms with E-state index in [0.717, 1.165) is 21.9 Å². The lowest BCUT2D eigenvalue weighted by Crippen LogP contribution is -1.91. The molecule has 4 heteroatoms. The zero-order valence-corrected chi connectivity index (χ0v) is 6.66. The van der Waals surface area contributed by atoms with Crippen LogP contribution in [0.5, 0.6) is 0 Å². The van der Waals surface area contributed by atoms with Crippen molar-refractivity contribution in [2.45, 2.75) is 20.0 Å². The van der Waals surface area contributed by atoms with E-state index in [1.54, 1.807) is 13.8 Å². The average molecular weight is 159 g/mol. The third-order valence-corrected chi connectivity index (χ3v) is 2.40. The van der Waals surface area contributed by atoms with E-state index in [2.05, 4.69) is 4.98 Å². The van der Waals surface area contributed by atoms with E-state index in [9.17, 15) is 4.79 Å². The molecule has 3 nitrogen and oxygen atoms in total. The maximum absolute atomic E-state index is 10.7. The number of hydrogen-bond acceptors (Lipinski definition) is 3. The van der Waals surface area contributed by atoms with Gasteiger partial charge in [-0.05, 0) is 13.8 Å². The van der Waals surface area contributed by atoms with Crippen LogP contribution in [0.4, 0.5) is 0 Å². The number of hydrogen-bond donors (Lipinski definition) is 2. The van der Waals surface area contributed by atoms with Crippen molar-refractivity contribution in [3.63, 3.8) is 0 Å². The summed E-state index contributed by atoms with van der Waals surface area (Å²) in [6.07, 6.45) is -0.538. The predicted octanol–water partition coefficient (Wildman–Crippen LogP) is 0.798. The van der Waals surface area contributed by atoms with Crippen molar-refractivity contribution in [1.82, 2.24) is 4.98 Å². The molecule has 0 saturated heterocycles. The molecule has 0 aliphatic heterocycles. The normalized spacial score (nSPS) is 13.5. The zero-order chi connectivity index (χ0) is 7.72. The van der Waals surface area contributed by atoms with Crippen LogP contribution in [0, 0.1) is 6.92 Å². The first-order valence-electron chi connectivity index (χ1n) is 2.99. The van der Waals surface area contributed by atoms with Crippen LogP contribution < -0.4 is 4.87 Å². The fraction of sp³-hybridized carbons (Fsp3) is 0.500. The van der Waals surface area contributed by atoms with Crippen LogP contribution in [0.3, 0.4) is 0 Å². The molecule has 0 aliphatic carbocycles. The van der Waals surface area contributed by atoms with Gasteiger partial charge in [-0.2, -0.15) is 0 Å². The van der Waals surface area contributed by atoms with Crippen LogP contribution in [0.25, 0.3) is 0 Å². The number of aliphatic hydroxyl groups is 1. The Balaban J connectivity index is 3.15. The van der Waals surface area contributed by atoms with Crippen LogP contribution in [0.1, 0.15) is 23.6 Å². The van der Waals surface area contributed by atoms with Gasteiger partial charge in [0.2, 0.25) is 0 Å². The van der Waals surface area contributed by atoms with E-state index in [1.165, 1.54) is 0 Å². The number of aromatic amines is 1. The summed E-state index contributed by atoms with van der Waals surface area (Å²) in [5, 5.41) is 9.07. The van der Waals surface area contributed by atoms with Gasteiger partial charge in [-0.3, -0.25) is 4.79 Å². The summed E-state index contributed by atoms with van der Waals surface area (Å²) >= 11 is 1.06. The van der Waals surface area contributed by atoms with Crippen LogP contribution in [0.2, 0.25) is 0 Å². The predicted molar refractivity (Wildman–Crippen MR) is 40.3 cm³/mol. The van der Waals surface area contributed by atoms with Gasteiger partial charge < -0.3 is 10.1 Å². The highest BCUT2D eigenvalue weighted by Crippen LogP contribution is 2.16. The topological polar surface area (TPSA) is 53.1 Å². The molecule has 1 aromatic heterocycles. The Morgan fingerprint density at radius 2 is 2.30 bits per heavy atom. The monoisotopic (exact) mass is 159 g/mol. The number of nitrogens with one attached hydrogen (secondary N) is 1. The fourth-order valence-electron chi connectivity index (χ4n) is 0.815. The van der Waals surface area contributed by atoms with E-state index >= 15 is 0 Å². The number of rotatable bonds is 1. The molecule has 0 fully saturated rings. The molecule has 0 bridgehead atoms. The van der Waals surface area contributed by atoms with Gasteiger partial charge in [0.1, 0.15) is 0 Å². The van der Waals surface area contributed by atoms with E-state index in [4.69, 9.17) is 5.11 Å². The Bertz CT molecular complexity index is 274. The highest BCUT2D eigenvalue weighted by Gasteiger charge is 2.07. The van der Waals surface area contributed by atoms with Gasteiger partial charge in [-0.25, -0.2) is 0 Å². The second kappa shape index (κ2) is 2.56. The Kier molecular flexibility index (Phi) is 1.92. The molecule has 1 rings (SSSR count). The van der Waals surface area contributed by atoms with Gasteiger partial charge >= 0.3 is 4.87 Å². The molecule has 1 heterocycles. The van der Waals surface area contributed by atoms with Gasteiger partial charge in [0.25, 0.3) is 0 Å². The number of aliphatic hydroxyl groups excluding tert-OH is 1. The lowest BCUT2D eigenvalue weighted by atomic mass is 10.3. The maximum Gasteiger partial charge on any atom is 0.305 e. The van der Waals surface area contributed by atoms with E-state index < -0.39 is 6.10 Å². The Labute approximate surface area is 62.3 Å². The summed E-state index contributed by atoms with van der Waals surface area (Å²) in [4.78, 5) is 13.9. The average Bonchev–Trinajstić information content (AvgIpc) is 2.10. The van der Waals surface area contributed by atoms with Gasteiger partial charge in [0, 0.05) is 5.69 Å². The van der Waals surface area contributed by atoms with Crippen molar-refractivity contribution in [3.8, 4) is 0 Å². The minimum atomic E-state index is -0.538. The van der Waals surface area contributed by atoms with Crippen LogP contribution in [-0.2, 0) is 0 Å². The molecule has 56 valence electrons. The quantitative estimate of drug-likeness (QED) is 0.636. The highest BCUT2D eigenvalue weighted by molar-refractivity contribution is 7.09. The summed E-state index contributed by atoms with van der Waals surface area (Å²) < 4.78 is 0. The summed E-state index contributed by atoms with van der Waals surface area (Å²) in [5.41, 5.74) is 0.769. The summed E-state index contributed by atoms with van der Waals surface area (Å²) in [6.45, 7) is 3.42. The smallest absolute Gasteiger partial charge is 0.305 e. The Morgan fingerprint density at radius 1 is 1.70 bits per heavy atom. The van der Waals surface area contributed by atoms with E-state index in [0.29, 0.717) is 0 Å². The van der Waals surface area contributed by atoms with Crippen molar-refractivity contribution >= 4 is 11.3 Å². The molecule has 1 aromatic rings. The van der Waals surface area contributed by atoms with Crippen LogP contribution in [-0.4, -0.2) is 10.1 Å². The van der Waals surface area contributed by atoms with E-state index in [1.807, 2.05) is 0 Å². The number of aromatic nitrogens is 1. The maximum atomic E-state index is 10.7. The van der Waals surface area contributed by atoms with Crippen molar-refractivity contribution in [3.05, 3.63) is 20.2 Å². The molecule has 0 radical (unpaired) electrons. The third kappa shape index (κ3) is 1.27. The molecule has 0 aliphatic rings. The largest absolute Gasteiger partial charge is 0.388 e. The van der Waals surface area contributed by atoms with Gasteiger partial charge in [-0.1, -0.05) is 11.3 Å². The minimum Gasteiger partial charge on any atom is -0.388 e. The van der Waals surface area contributed by atoms with Crippen molar-refractivity contribution in [2.75, 3.05) is 0 Å². The second-order valence-corrected chi connectivity index (χ2v) is 3.19. The minimum absolute atomic E-state index is 0.103. The molecule has 2 N–H and O–H groups in total. The Morgan fingerprint density at radius 3 is 2.50 bits per heavy atom. The second-order valence-electron chi connectivity index (χ2n) is 2.18. The summed E-state index contributed by atoms with van der Waals surface area (Å²) in [5.74, 6) is 0. The number of aryl methyl sites for hydroxylation is 1. The number of thiazole rings is 1. The summed E-state index contributed by atoms with van der Waals surface area (Å²) in [7, 11) is 0. The fourth-order valence-corrected chi connectivity index (χ4v) is 1.59. The molecule has 0 amide bonds. The Hall–Kier alpha value is -0.610. The molecule has 0 spiro atoms. The van der Waals surface area contributed by atoms with Crippen LogP contribution in [0.15, 0.2) is 4.79 Å². The molecule has 0 aromatic carbocycles. The zero-order valence-electron chi connectivity index (χ0n) is 5.84. The van der Waals surface area contributed by atoms with Crippen molar-refractivity contribution < 1.29 is 5.11 Å².